The number of rotatable bonds is 9. The van der Waals surface area contributed by atoms with Gasteiger partial charge in [-0.2, -0.15) is 0 Å². The van der Waals surface area contributed by atoms with Crippen molar-refractivity contribution in [2.45, 2.75) is 19.8 Å². The minimum Gasteiger partial charge on any atom is -0.494 e. The average molecular weight is 246 g/mol. The van der Waals surface area contributed by atoms with Crippen LogP contribution >= 0.6 is 0 Å². The van der Waals surface area contributed by atoms with Gasteiger partial charge >= 0.3 is 0 Å². The molecule has 0 atom stereocenters. The van der Waals surface area contributed by atoms with Crippen molar-refractivity contribution < 1.29 is 9.47 Å². The highest BCUT2D eigenvalue weighted by Gasteiger charge is 1.94. The van der Waals surface area contributed by atoms with Gasteiger partial charge in [0.15, 0.2) is 0 Å². The van der Waals surface area contributed by atoms with Crippen molar-refractivity contribution in [2.75, 3.05) is 19.8 Å². The Bertz CT molecular complexity index is 369. The molecular weight excluding hydrogens is 224 g/mol. The number of hydrogen-bond donors (Lipinski definition) is 0. The highest BCUT2D eigenvalue weighted by atomic mass is 16.5. The van der Waals surface area contributed by atoms with E-state index in [9.17, 15) is 0 Å². The molecule has 0 aliphatic carbocycles. The molecule has 18 heavy (non-hydrogen) atoms. The van der Waals surface area contributed by atoms with Crippen LogP contribution in [0, 0.1) is 0 Å². The molecule has 1 aromatic carbocycles. The number of ether oxygens (including phenoxy) is 2. The summed E-state index contributed by atoms with van der Waals surface area (Å²) in [6.45, 7) is 7.73. The maximum Gasteiger partial charge on any atom is 0.119 e. The summed E-state index contributed by atoms with van der Waals surface area (Å²) in [4.78, 5) is 0. The first-order valence-corrected chi connectivity index (χ1v) is 6.45. The first-order valence-electron chi connectivity index (χ1n) is 6.45. The summed E-state index contributed by atoms with van der Waals surface area (Å²) < 4.78 is 10.9. The van der Waals surface area contributed by atoms with E-state index >= 15 is 0 Å². The largest absolute Gasteiger partial charge is 0.494 e. The van der Waals surface area contributed by atoms with E-state index in [2.05, 4.69) is 19.6 Å². The fourth-order valence-corrected chi connectivity index (χ4v) is 1.45. The van der Waals surface area contributed by atoms with Crippen LogP contribution in [-0.2, 0) is 4.74 Å². The molecule has 0 unspecified atom stereocenters. The summed E-state index contributed by atoms with van der Waals surface area (Å²) in [5.41, 5.74) is 1.13. The summed E-state index contributed by atoms with van der Waals surface area (Å²) >= 11 is 0. The molecular formula is C16H22O2. The van der Waals surface area contributed by atoms with Crippen LogP contribution in [0.1, 0.15) is 25.3 Å². The van der Waals surface area contributed by atoms with E-state index in [1.165, 1.54) is 0 Å². The molecule has 0 spiro atoms. The molecule has 1 rings (SSSR count). The van der Waals surface area contributed by atoms with Gasteiger partial charge in [-0.25, -0.2) is 0 Å². The molecule has 0 fully saturated rings. The molecule has 0 radical (unpaired) electrons. The summed E-state index contributed by atoms with van der Waals surface area (Å²) in [5.74, 6) is 0.928. The Labute approximate surface area is 110 Å². The molecule has 0 bridgehead atoms. The van der Waals surface area contributed by atoms with E-state index in [4.69, 9.17) is 9.47 Å². The smallest absolute Gasteiger partial charge is 0.119 e. The third-order valence-electron chi connectivity index (χ3n) is 2.38. The van der Waals surface area contributed by atoms with Gasteiger partial charge in [0.05, 0.1) is 19.8 Å². The van der Waals surface area contributed by atoms with E-state index < -0.39 is 0 Å². The Morgan fingerprint density at radius 2 is 2.17 bits per heavy atom. The molecule has 0 saturated carbocycles. The molecule has 98 valence electrons. The van der Waals surface area contributed by atoms with Gasteiger partial charge in [0, 0.05) is 0 Å². The van der Waals surface area contributed by atoms with Crippen molar-refractivity contribution in [1.29, 1.82) is 0 Å². The van der Waals surface area contributed by atoms with E-state index in [1.54, 1.807) is 6.08 Å². The highest BCUT2D eigenvalue weighted by Crippen LogP contribution is 2.14. The zero-order valence-electron chi connectivity index (χ0n) is 11.1. The molecule has 0 N–H and O–H groups in total. The van der Waals surface area contributed by atoms with E-state index in [-0.39, 0.29) is 0 Å². The summed E-state index contributed by atoms with van der Waals surface area (Å²) in [7, 11) is 0. The van der Waals surface area contributed by atoms with Crippen LogP contribution < -0.4 is 4.74 Å². The molecule has 0 saturated heterocycles. The Morgan fingerprint density at radius 1 is 1.28 bits per heavy atom. The van der Waals surface area contributed by atoms with Gasteiger partial charge in [0.1, 0.15) is 5.75 Å². The Morgan fingerprint density at radius 3 is 2.94 bits per heavy atom. The van der Waals surface area contributed by atoms with Crippen LogP contribution in [0.3, 0.4) is 0 Å². The monoisotopic (exact) mass is 246 g/mol. The fourth-order valence-electron chi connectivity index (χ4n) is 1.45. The molecule has 0 amide bonds. The first kappa shape index (κ1) is 14.5. The molecule has 2 nitrogen and oxygen atoms in total. The van der Waals surface area contributed by atoms with Gasteiger partial charge in [-0.05, 0) is 24.1 Å². The summed E-state index contributed by atoms with van der Waals surface area (Å²) in [6, 6.07) is 8.09. The lowest BCUT2D eigenvalue weighted by Gasteiger charge is -2.05. The Kier molecular flexibility index (Phi) is 7.65. The number of benzene rings is 1. The van der Waals surface area contributed by atoms with E-state index in [0.717, 1.165) is 30.8 Å². The molecule has 0 aliphatic rings. The van der Waals surface area contributed by atoms with Gasteiger partial charge in [-0.3, -0.25) is 0 Å². The lowest BCUT2D eigenvalue weighted by atomic mass is 10.2. The fraction of sp³-hybridized carbons (Fsp3) is 0.375. The third-order valence-corrected chi connectivity index (χ3v) is 2.38. The van der Waals surface area contributed by atoms with Gasteiger partial charge in [-0.15, -0.1) is 6.58 Å². The van der Waals surface area contributed by atoms with Crippen molar-refractivity contribution in [1.82, 2.24) is 0 Å². The molecule has 0 aromatic heterocycles. The second-order valence-corrected chi connectivity index (χ2v) is 4.00. The minimum atomic E-state index is 0.588. The Hall–Kier alpha value is -1.54. The molecule has 1 aromatic rings. The maximum atomic E-state index is 5.65. The van der Waals surface area contributed by atoms with Crippen LogP contribution in [0.5, 0.6) is 5.75 Å². The topological polar surface area (TPSA) is 18.5 Å². The van der Waals surface area contributed by atoms with Crippen LogP contribution in [0.2, 0.25) is 0 Å². The van der Waals surface area contributed by atoms with Crippen molar-refractivity contribution in [3.05, 3.63) is 48.6 Å². The predicted octanol–water partition coefficient (Wildman–Crippen LogP) is 4.08. The summed E-state index contributed by atoms with van der Waals surface area (Å²) in [5, 5.41) is 0. The van der Waals surface area contributed by atoms with Crippen LogP contribution in [0.4, 0.5) is 0 Å². The van der Waals surface area contributed by atoms with Gasteiger partial charge in [-0.1, -0.05) is 43.7 Å². The van der Waals surface area contributed by atoms with Gasteiger partial charge in [0.25, 0.3) is 0 Å². The molecule has 0 aliphatic heterocycles. The number of hydrogen-bond acceptors (Lipinski definition) is 2. The van der Waals surface area contributed by atoms with Crippen molar-refractivity contribution >= 4 is 6.08 Å². The van der Waals surface area contributed by atoms with E-state index in [1.807, 2.05) is 30.4 Å². The maximum absolute atomic E-state index is 5.65. The highest BCUT2D eigenvalue weighted by molar-refractivity contribution is 5.51. The average Bonchev–Trinajstić information content (AvgIpc) is 2.39. The first-order chi connectivity index (χ1) is 8.86. The SMILES string of the molecule is C=CCOC/C=C/c1cccc(OCCCC)c1. The second-order valence-electron chi connectivity index (χ2n) is 4.00. The molecule has 2 heteroatoms. The van der Waals surface area contributed by atoms with Crippen LogP contribution in [0.25, 0.3) is 6.08 Å². The van der Waals surface area contributed by atoms with Gasteiger partial charge < -0.3 is 9.47 Å². The standard InChI is InChI=1S/C16H22O2/c1-3-5-13-18-16-10-6-8-15(14-16)9-7-12-17-11-4-2/h4,6-10,14H,2-3,5,11-13H2,1H3/b9-7+. The van der Waals surface area contributed by atoms with Crippen molar-refractivity contribution in [3.8, 4) is 5.75 Å². The predicted molar refractivity (Wildman–Crippen MR) is 76.9 cm³/mol. The van der Waals surface area contributed by atoms with Crippen LogP contribution in [0.15, 0.2) is 43.0 Å². The lowest BCUT2D eigenvalue weighted by Crippen LogP contribution is -1.96. The quantitative estimate of drug-likeness (QED) is 0.483. The van der Waals surface area contributed by atoms with Crippen LogP contribution in [-0.4, -0.2) is 19.8 Å². The zero-order valence-corrected chi connectivity index (χ0v) is 11.1. The third kappa shape index (κ3) is 6.26. The van der Waals surface area contributed by atoms with Crippen molar-refractivity contribution in [2.24, 2.45) is 0 Å². The van der Waals surface area contributed by atoms with Crippen molar-refractivity contribution in [3.63, 3.8) is 0 Å². The molecule has 0 heterocycles. The normalized spacial score (nSPS) is 10.7. The Balaban J connectivity index is 2.40. The zero-order chi connectivity index (χ0) is 13.1. The second kappa shape index (κ2) is 9.49. The lowest BCUT2D eigenvalue weighted by molar-refractivity contribution is 0.194. The number of unbranched alkanes of at least 4 members (excludes halogenated alkanes) is 1. The minimum absolute atomic E-state index is 0.588. The van der Waals surface area contributed by atoms with E-state index in [0.29, 0.717) is 13.2 Å². The summed E-state index contributed by atoms with van der Waals surface area (Å²) in [6.07, 6.45) is 8.02. The van der Waals surface area contributed by atoms with Gasteiger partial charge in [0.2, 0.25) is 0 Å².